The molecule has 1 aliphatic heterocycles. The largest absolute Gasteiger partial charge is 0.378 e. The number of ether oxygens (including phenoxy) is 2. The maximum absolute atomic E-state index is 5.86. The quantitative estimate of drug-likeness (QED) is 0.889. The molecule has 1 aliphatic rings. The Bertz CT molecular complexity index is 409. The van der Waals surface area contributed by atoms with Crippen LogP contribution in [0.5, 0.6) is 0 Å². The molecule has 0 aromatic carbocycles. The SMILES string of the molecule is COCc1nc(C2CN(C(C)C)CCO2)sc1CN. The molecule has 1 fully saturated rings. The molecule has 2 N–H and O–H groups in total. The van der Waals surface area contributed by atoms with Crippen LogP contribution >= 0.6 is 11.3 Å². The van der Waals surface area contributed by atoms with Crippen LogP contribution in [0.1, 0.15) is 35.5 Å². The first-order valence-electron chi connectivity index (χ1n) is 6.68. The third-order valence-electron chi connectivity index (χ3n) is 3.36. The molecule has 1 unspecified atom stereocenters. The van der Waals surface area contributed by atoms with Gasteiger partial charge in [-0.2, -0.15) is 0 Å². The van der Waals surface area contributed by atoms with Crippen molar-refractivity contribution in [3.63, 3.8) is 0 Å². The molecule has 0 saturated carbocycles. The summed E-state index contributed by atoms with van der Waals surface area (Å²) in [4.78, 5) is 8.17. The lowest BCUT2D eigenvalue weighted by Crippen LogP contribution is -2.42. The maximum Gasteiger partial charge on any atom is 0.124 e. The first-order valence-corrected chi connectivity index (χ1v) is 7.50. The van der Waals surface area contributed by atoms with Crippen LogP contribution in [-0.4, -0.2) is 42.7 Å². The standard InChI is InChI=1S/C13H23N3O2S/c1-9(2)16-4-5-18-11(7-16)13-15-10(8-17-3)12(6-14)19-13/h9,11H,4-8,14H2,1-3H3. The van der Waals surface area contributed by atoms with Gasteiger partial charge in [0.25, 0.3) is 0 Å². The summed E-state index contributed by atoms with van der Waals surface area (Å²) in [6, 6.07) is 0.541. The van der Waals surface area contributed by atoms with Gasteiger partial charge >= 0.3 is 0 Å². The highest BCUT2D eigenvalue weighted by Crippen LogP contribution is 2.29. The van der Waals surface area contributed by atoms with E-state index in [1.165, 1.54) is 0 Å². The number of morpholine rings is 1. The Hall–Kier alpha value is -0.530. The van der Waals surface area contributed by atoms with Gasteiger partial charge in [0, 0.05) is 37.7 Å². The van der Waals surface area contributed by atoms with E-state index in [2.05, 4.69) is 23.7 Å². The molecular formula is C13H23N3O2S. The zero-order chi connectivity index (χ0) is 13.8. The van der Waals surface area contributed by atoms with Crippen LogP contribution in [0, 0.1) is 0 Å². The fourth-order valence-electron chi connectivity index (χ4n) is 2.24. The molecule has 1 aromatic rings. The fraction of sp³-hybridized carbons (Fsp3) is 0.769. The summed E-state index contributed by atoms with van der Waals surface area (Å²) >= 11 is 1.65. The molecular weight excluding hydrogens is 262 g/mol. The minimum Gasteiger partial charge on any atom is -0.378 e. The van der Waals surface area contributed by atoms with Crippen molar-refractivity contribution in [2.45, 2.75) is 39.1 Å². The van der Waals surface area contributed by atoms with Gasteiger partial charge in [0.2, 0.25) is 0 Å². The average molecular weight is 285 g/mol. The maximum atomic E-state index is 5.86. The molecule has 19 heavy (non-hydrogen) atoms. The van der Waals surface area contributed by atoms with Crippen LogP contribution in [-0.2, 0) is 22.6 Å². The lowest BCUT2D eigenvalue weighted by atomic mass is 10.2. The second-order valence-electron chi connectivity index (χ2n) is 5.01. The Morgan fingerprint density at radius 2 is 2.37 bits per heavy atom. The van der Waals surface area contributed by atoms with Crippen molar-refractivity contribution in [3.05, 3.63) is 15.6 Å². The lowest BCUT2D eigenvalue weighted by Gasteiger charge is -2.34. The Labute approximate surface area is 118 Å². The Morgan fingerprint density at radius 3 is 3.00 bits per heavy atom. The third kappa shape index (κ3) is 3.52. The Balaban J connectivity index is 2.12. The summed E-state index contributed by atoms with van der Waals surface area (Å²) in [5.41, 5.74) is 6.72. The van der Waals surface area contributed by atoms with Crippen molar-refractivity contribution in [3.8, 4) is 0 Å². The number of nitrogens with zero attached hydrogens (tertiary/aromatic N) is 2. The van der Waals surface area contributed by atoms with E-state index in [0.717, 1.165) is 35.3 Å². The zero-order valence-corrected chi connectivity index (χ0v) is 12.7. The highest BCUT2D eigenvalue weighted by Gasteiger charge is 2.26. The molecule has 108 valence electrons. The van der Waals surface area contributed by atoms with Crippen LogP contribution < -0.4 is 5.73 Å². The fourth-order valence-corrected chi connectivity index (χ4v) is 3.23. The minimum absolute atomic E-state index is 0.0667. The van der Waals surface area contributed by atoms with E-state index in [1.807, 2.05) is 0 Å². The topological polar surface area (TPSA) is 60.6 Å². The smallest absolute Gasteiger partial charge is 0.124 e. The monoisotopic (exact) mass is 285 g/mol. The average Bonchev–Trinajstić information content (AvgIpc) is 2.82. The summed E-state index contributed by atoms with van der Waals surface area (Å²) < 4.78 is 11.0. The van der Waals surface area contributed by atoms with Crippen LogP contribution in [0.2, 0.25) is 0 Å². The van der Waals surface area contributed by atoms with E-state index in [4.69, 9.17) is 15.2 Å². The van der Waals surface area contributed by atoms with Gasteiger partial charge < -0.3 is 15.2 Å². The summed E-state index contributed by atoms with van der Waals surface area (Å²) in [5.74, 6) is 0. The zero-order valence-electron chi connectivity index (χ0n) is 11.9. The van der Waals surface area contributed by atoms with Crippen LogP contribution in [0.15, 0.2) is 0 Å². The van der Waals surface area contributed by atoms with Gasteiger partial charge in [-0.1, -0.05) is 0 Å². The second kappa shape index (κ2) is 6.76. The van der Waals surface area contributed by atoms with E-state index in [-0.39, 0.29) is 6.10 Å². The summed E-state index contributed by atoms with van der Waals surface area (Å²) in [7, 11) is 1.68. The highest BCUT2D eigenvalue weighted by atomic mass is 32.1. The van der Waals surface area contributed by atoms with Gasteiger partial charge in [-0.3, -0.25) is 4.90 Å². The molecule has 0 bridgehead atoms. The molecule has 0 radical (unpaired) electrons. The van der Waals surface area contributed by atoms with E-state index >= 15 is 0 Å². The second-order valence-corrected chi connectivity index (χ2v) is 6.12. The van der Waals surface area contributed by atoms with E-state index < -0.39 is 0 Å². The molecule has 2 rings (SSSR count). The molecule has 0 amide bonds. The number of hydrogen-bond acceptors (Lipinski definition) is 6. The first-order chi connectivity index (χ1) is 9.15. The van der Waals surface area contributed by atoms with E-state index in [9.17, 15) is 0 Å². The number of nitrogens with two attached hydrogens (primary N) is 1. The van der Waals surface area contributed by atoms with Gasteiger partial charge in [-0.15, -0.1) is 11.3 Å². The Morgan fingerprint density at radius 1 is 1.58 bits per heavy atom. The minimum atomic E-state index is 0.0667. The predicted octanol–water partition coefficient (Wildman–Crippen LogP) is 1.53. The summed E-state index contributed by atoms with van der Waals surface area (Å²) in [6.45, 7) is 8.12. The number of aromatic nitrogens is 1. The van der Waals surface area contributed by atoms with Crippen molar-refractivity contribution in [1.82, 2.24) is 9.88 Å². The first kappa shape index (κ1) is 14.9. The van der Waals surface area contributed by atoms with Crippen molar-refractivity contribution in [2.24, 2.45) is 5.73 Å². The number of hydrogen-bond donors (Lipinski definition) is 1. The van der Waals surface area contributed by atoms with Gasteiger partial charge in [-0.25, -0.2) is 4.98 Å². The molecule has 2 heterocycles. The van der Waals surface area contributed by atoms with E-state index in [0.29, 0.717) is 19.2 Å². The van der Waals surface area contributed by atoms with Crippen molar-refractivity contribution in [2.75, 3.05) is 26.8 Å². The van der Waals surface area contributed by atoms with Gasteiger partial charge in [-0.05, 0) is 13.8 Å². The van der Waals surface area contributed by atoms with Gasteiger partial charge in [0.05, 0.1) is 18.9 Å². The number of methoxy groups -OCH3 is 1. The van der Waals surface area contributed by atoms with Gasteiger partial charge in [0.1, 0.15) is 11.1 Å². The molecule has 0 aliphatic carbocycles. The summed E-state index contributed by atoms with van der Waals surface area (Å²) in [6.07, 6.45) is 0.0667. The Kier molecular flexibility index (Phi) is 5.29. The van der Waals surface area contributed by atoms with Crippen LogP contribution in [0.25, 0.3) is 0 Å². The normalized spacial score (nSPS) is 21.2. The molecule has 1 saturated heterocycles. The van der Waals surface area contributed by atoms with E-state index in [1.54, 1.807) is 18.4 Å². The van der Waals surface area contributed by atoms with Crippen molar-refractivity contribution in [1.29, 1.82) is 0 Å². The third-order valence-corrected chi connectivity index (χ3v) is 4.58. The molecule has 1 atom stereocenters. The molecule has 1 aromatic heterocycles. The molecule has 0 spiro atoms. The highest BCUT2D eigenvalue weighted by molar-refractivity contribution is 7.11. The molecule has 6 heteroatoms. The predicted molar refractivity (Wildman–Crippen MR) is 76.1 cm³/mol. The molecule has 5 nitrogen and oxygen atoms in total. The number of rotatable bonds is 5. The van der Waals surface area contributed by atoms with Crippen LogP contribution in [0.3, 0.4) is 0 Å². The van der Waals surface area contributed by atoms with Crippen molar-refractivity contribution < 1.29 is 9.47 Å². The summed E-state index contributed by atoms with van der Waals surface area (Å²) in [5, 5.41) is 1.03. The number of thiazole rings is 1. The van der Waals surface area contributed by atoms with Crippen LogP contribution in [0.4, 0.5) is 0 Å². The lowest BCUT2D eigenvalue weighted by molar-refractivity contribution is -0.0403. The van der Waals surface area contributed by atoms with Crippen molar-refractivity contribution >= 4 is 11.3 Å². The van der Waals surface area contributed by atoms with Gasteiger partial charge in [0.15, 0.2) is 0 Å².